The third kappa shape index (κ3) is 6.69. The average Bonchev–Trinajstić information content (AvgIpc) is 2.90. The summed E-state index contributed by atoms with van der Waals surface area (Å²) in [5.41, 5.74) is 1.84. The van der Waals surface area contributed by atoms with Gasteiger partial charge in [-0.15, -0.1) is 6.58 Å². The van der Waals surface area contributed by atoms with Crippen LogP contribution in [0.15, 0.2) is 57.4 Å². The number of hydrogen-bond donors (Lipinski definition) is 0. The average molecular weight is 585 g/mol. The maximum atomic E-state index is 13.5. The number of ether oxygens (including phenoxy) is 3. The van der Waals surface area contributed by atoms with Gasteiger partial charge in [0.05, 0.1) is 30.3 Å². The number of hydrogen-bond acceptors (Lipinski definition) is 7. The first-order chi connectivity index (χ1) is 18.2. The second-order valence-electron chi connectivity index (χ2n) is 8.75. The minimum absolute atomic E-state index is 0.0170. The number of allylic oxidation sites excluding steroid dienone is 1. The molecule has 0 N–H and O–H groups in total. The number of rotatable bonds is 12. The highest BCUT2D eigenvalue weighted by Crippen LogP contribution is 2.34. The largest absolute Gasteiger partial charge is 0.490 e. The Labute approximate surface area is 231 Å². The molecule has 2 aromatic carbocycles. The molecule has 3 aromatic rings. The summed E-state index contributed by atoms with van der Waals surface area (Å²) in [6.45, 7) is 13.8. The van der Waals surface area contributed by atoms with Crippen LogP contribution < -0.4 is 15.0 Å². The van der Waals surface area contributed by atoms with Gasteiger partial charge in [-0.3, -0.25) is 4.79 Å². The Morgan fingerprint density at radius 1 is 1.18 bits per heavy atom. The lowest BCUT2D eigenvalue weighted by Crippen LogP contribution is -2.26. The number of halogens is 1. The van der Waals surface area contributed by atoms with Crippen LogP contribution in [0.2, 0.25) is 0 Å². The highest BCUT2D eigenvalue weighted by molar-refractivity contribution is 9.10. The molecule has 8 nitrogen and oxygen atoms in total. The molecule has 0 bridgehead atoms. The molecule has 9 heteroatoms. The van der Waals surface area contributed by atoms with Gasteiger partial charge in [-0.1, -0.05) is 35.9 Å². The van der Waals surface area contributed by atoms with Crippen LogP contribution in [0.25, 0.3) is 10.9 Å². The van der Waals surface area contributed by atoms with E-state index in [0.717, 1.165) is 16.5 Å². The molecule has 38 heavy (non-hydrogen) atoms. The van der Waals surface area contributed by atoms with Crippen LogP contribution in [0.5, 0.6) is 11.5 Å². The zero-order valence-corrected chi connectivity index (χ0v) is 24.1. The molecule has 0 radical (unpaired) electrons. The predicted molar refractivity (Wildman–Crippen MR) is 154 cm³/mol. The van der Waals surface area contributed by atoms with Gasteiger partial charge in [0.1, 0.15) is 5.82 Å². The smallest absolute Gasteiger partial charge is 0.347 e. The molecule has 0 unspecified atom stereocenters. The Morgan fingerprint density at radius 2 is 1.95 bits per heavy atom. The molecule has 0 aliphatic rings. The Kier molecular flexibility index (Phi) is 10.2. The van der Waals surface area contributed by atoms with E-state index >= 15 is 0 Å². The van der Waals surface area contributed by atoms with E-state index in [1.54, 1.807) is 38.3 Å². The standard InChI is InChI=1S/C29H34BrN3O5/c1-7-11-21-14-20(15-25(36-9-3)26(21)38-19(6)29(35)37-10-4)17-31-33-27(18(5)8-2)32-24-13-12-22(30)16-23(24)28(33)34/h7,12-19H,1,8-11H2,2-6H3/t18-,19-/m0/s1. The lowest BCUT2D eigenvalue weighted by molar-refractivity contribution is -0.150. The van der Waals surface area contributed by atoms with Crippen molar-refractivity contribution in [1.82, 2.24) is 9.66 Å². The van der Waals surface area contributed by atoms with Gasteiger partial charge in [-0.2, -0.15) is 9.78 Å². The third-order valence-electron chi connectivity index (χ3n) is 5.94. The van der Waals surface area contributed by atoms with Crippen molar-refractivity contribution in [2.24, 2.45) is 5.10 Å². The van der Waals surface area contributed by atoms with Crippen LogP contribution in [-0.2, 0) is 16.0 Å². The number of carbonyl (C=O) groups excluding carboxylic acids is 1. The molecular formula is C29H34BrN3O5. The summed E-state index contributed by atoms with van der Waals surface area (Å²) >= 11 is 3.44. The quantitative estimate of drug-likeness (QED) is 0.147. The number of carbonyl (C=O) groups is 1. The number of aromatic nitrogens is 2. The van der Waals surface area contributed by atoms with Crippen molar-refractivity contribution < 1.29 is 19.0 Å². The van der Waals surface area contributed by atoms with E-state index in [9.17, 15) is 9.59 Å². The Morgan fingerprint density at radius 3 is 2.61 bits per heavy atom. The first-order valence-electron chi connectivity index (χ1n) is 12.7. The first kappa shape index (κ1) is 29.1. The molecule has 3 rings (SSSR count). The van der Waals surface area contributed by atoms with E-state index < -0.39 is 12.1 Å². The van der Waals surface area contributed by atoms with Crippen LogP contribution >= 0.6 is 15.9 Å². The Bertz CT molecular complexity index is 1400. The number of nitrogens with zero attached hydrogens (tertiary/aromatic N) is 3. The van der Waals surface area contributed by atoms with Crippen LogP contribution in [-0.4, -0.2) is 41.2 Å². The molecule has 0 saturated heterocycles. The number of benzene rings is 2. The van der Waals surface area contributed by atoms with E-state index in [-0.39, 0.29) is 18.1 Å². The molecule has 202 valence electrons. The van der Waals surface area contributed by atoms with E-state index in [4.69, 9.17) is 19.2 Å². The van der Waals surface area contributed by atoms with Gasteiger partial charge in [0.2, 0.25) is 0 Å². The molecule has 0 amide bonds. The zero-order chi connectivity index (χ0) is 27.8. The fourth-order valence-corrected chi connectivity index (χ4v) is 4.21. The minimum atomic E-state index is -0.822. The first-order valence-corrected chi connectivity index (χ1v) is 13.5. The monoisotopic (exact) mass is 583 g/mol. The summed E-state index contributed by atoms with van der Waals surface area (Å²) < 4.78 is 19.1. The van der Waals surface area contributed by atoms with Crippen molar-refractivity contribution >= 4 is 39.0 Å². The summed E-state index contributed by atoms with van der Waals surface area (Å²) in [5.74, 6) is 1.04. The van der Waals surface area contributed by atoms with Crippen LogP contribution in [0.1, 0.15) is 63.9 Å². The normalized spacial score (nSPS) is 12.9. The van der Waals surface area contributed by atoms with Gasteiger partial charge in [-0.05, 0) is 69.5 Å². The van der Waals surface area contributed by atoms with Gasteiger partial charge < -0.3 is 14.2 Å². The van der Waals surface area contributed by atoms with Gasteiger partial charge in [0, 0.05) is 16.0 Å². The van der Waals surface area contributed by atoms with Crippen LogP contribution in [0, 0.1) is 0 Å². The highest BCUT2D eigenvalue weighted by atomic mass is 79.9. The molecule has 0 spiro atoms. The summed E-state index contributed by atoms with van der Waals surface area (Å²) in [6.07, 6.45) is 3.79. The van der Waals surface area contributed by atoms with Crippen LogP contribution in [0.3, 0.4) is 0 Å². The summed E-state index contributed by atoms with van der Waals surface area (Å²) in [7, 11) is 0. The van der Waals surface area contributed by atoms with Gasteiger partial charge in [-0.25, -0.2) is 9.78 Å². The lowest BCUT2D eigenvalue weighted by atomic mass is 10.1. The second kappa shape index (κ2) is 13.4. The van der Waals surface area contributed by atoms with Crippen LogP contribution in [0.4, 0.5) is 0 Å². The zero-order valence-electron chi connectivity index (χ0n) is 22.5. The van der Waals surface area contributed by atoms with E-state index in [1.165, 1.54) is 4.68 Å². The third-order valence-corrected chi connectivity index (χ3v) is 6.43. The second-order valence-corrected chi connectivity index (χ2v) is 9.66. The van der Waals surface area contributed by atoms with Crippen molar-refractivity contribution in [2.45, 2.75) is 59.5 Å². The van der Waals surface area contributed by atoms with Crippen molar-refractivity contribution in [3.63, 3.8) is 0 Å². The Hall–Kier alpha value is -3.46. The molecule has 2 atom stereocenters. The van der Waals surface area contributed by atoms with Crippen molar-refractivity contribution in [1.29, 1.82) is 0 Å². The fraction of sp³-hybridized carbons (Fsp3) is 0.379. The minimum Gasteiger partial charge on any atom is -0.490 e. The van der Waals surface area contributed by atoms with E-state index in [2.05, 4.69) is 27.6 Å². The molecule has 0 aliphatic carbocycles. The summed E-state index contributed by atoms with van der Waals surface area (Å²) in [6, 6.07) is 9.09. The predicted octanol–water partition coefficient (Wildman–Crippen LogP) is 6.01. The lowest BCUT2D eigenvalue weighted by Gasteiger charge is -2.20. The SMILES string of the molecule is C=CCc1cc(C=Nn2c([C@@H](C)CC)nc3ccc(Br)cc3c2=O)cc(OCC)c1O[C@@H](C)C(=O)OCC. The molecule has 0 fully saturated rings. The molecule has 1 aromatic heterocycles. The van der Waals surface area contributed by atoms with E-state index in [0.29, 0.717) is 46.8 Å². The van der Waals surface area contributed by atoms with Gasteiger partial charge >= 0.3 is 5.97 Å². The summed E-state index contributed by atoms with van der Waals surface area (Å²) in [5, 5.41) is 5.05. The van der Waals surface area contributed by atoms with Gasteiger partial charge in [0.15, 0.2) is 17.6 Å². The molecule has 0 aliphatic heterocycles. The maximum absolute atomic E-state index is 13.5. The maximum Gasteiger partial charge on any atom is 0.347 e. The highest BCUT2D eigenvalue weighted by Gasteiger charge is 2.21. The Balaban J connectivity index is 2.12. The molecular weight excluding hydrogens is 550 g/mol. The van der Waals surface area contributed by atoms with Crippen molar-refractivity contribution in [3.05, 3.63) is 74.8 Å². The van der Waals surface area contributed by atoms with E-state index in [1.807, 2.05) is 39.0 Å². The van der Waals surface area contributed by atoms with Crippen molar-refractivity contribution in [2.75, 3.05) is 13.2 Å². The summed E-state index contributed by atoms with van der Waals surface area (Å²) in [4.78, 5) is 30.4. The number of fused-ring (bicyclic) bond motifs is 1. The number of esters is 1. The molecule has 0 saturated carbocycles. The van der Waals surface area contributed by atoms with Gasteiger partial charge in [0.25, 0.3) is 5.56 Å². The molecule has 1 heterocycles. The fourth-order valence-electron chi connectivity index (χ4n) is 3.85. The topological polar surface area (TPSA) is 92.0 Å². The van der Waals surface area contributed by atoms with Crippen molar-refractivity contribution in [3.8, 4) is 11.5 Å².